The maximum Gasteiger partial charge on any atom is 0.291 e. The smallest absolute Gasteiger partial charge is 0.291 e. The van der Waals surface area contributed by atoms with Gasteiger partial charge >= 0.3 is 0 Å². The second-order valence-electron chi connectivity index (χ2n) is 2.42. The minimum absolute atomic E-state index is 0.0212. The predicted molar refractivity (Wildman–Crippen MR) is 38.6 cm³/mol. The number of nitrogens with one attached hydrogen (secondary N) is 1. The SMILES string of the molecule is CNC1(O)OCCN1CCO. The first-order valence-corrected chi connectivity index (χ1v) is 3.64. The van der Waals surface area contributed by atoms with E-state index in [1.165, 1.54) is 0 Å². The molecule has 0 saturated carbocycles. The van der Waals surface area contributed by atoms with Crippen LogP contribution in [0.25, 0.3) is 0 Å². The summed E-state index contributed by atoms with van der Waals surface area (Å²) in [7, 11) is 1.61. The fraction of sp³-hybridized carbons (Fsp3) is 1.00. The first-order valence-electron chi connectivity index (χ1n) is 3.64. The summed E-state index contributed by atoms with van der Waals surface area (Å²) in [5, 5.41) is 20.8. The summed E-state index contributed by atoms with van der Waals surface area (Å²) in [6.07, 6.45) is 0. The minimum Gasteiger partial charge on any atom is -0.395 e. The van der Waals surface area contributed by atoms with Crippen molar-refractivity contribution in [3.8, 4) is 0 Å². The van der Waals surface area contributed by atoms with Crippen LogP contribution in [0.1, 0.15) is 0 Å². The van der Waals surface area contributed by atoms with Gasteiger partial charge in [-0.05, 0) is 7.05 Å². The van der Waals surface area contributed by atoms with Crippen LogP contribution in [0.15, 0.2) is 0 Å². The quantitative estimate of drug-likeness (QED) is 0.424. The van der Waals surface area contributed by atoms with Crippen LogP contribution in [0.5, 0.6) is 0 Å². The summed E-state index contributed by atoms with van der Waals surface area (Å²) < 4.78 is 5.01. The molecule has 0 aromatic heterocycles. The molecule has 0 aromatic rings. The maximum atomic E-state index is 9.57. The van der Waals surface area contributed by atoms with E-state index in [4.69, 9.17) is 9.84 Å². The fourth-order valence-corrected chi connectivity index (χ4v) is 1.16. The number of aliphatic hydroxyl groups is 2. The van der Waals surface area contributed by atoms with Crippen LogP contribution in [-0.4, -0.2) is 54.5 Å². The van der Waals surface area contributed by atoms with E-state index in [0.29, 0.717) is 19.7 Å². The van der Waals surface area contributed by atoms with Crippen molar-refractivity contribution in [3.63, 3.8) is 0 Å². The van der Waals surface area contributed by atoms with E-state index in [2.05, 4.69) is 5.32 Å². The Labute approximate surface area is 65.6 Å². The summed E-state index contributed by atoms with van der Waals surface area (Å²) in [5.74, 6) is 0. The third-order valence-electron chi connectivity index (χ3n) is 1.79. The molecule has 5 heteroatoms. The zero-order chi connectivity index (χ0) is 8.32. The topological polar surface area (TPSA) is 65.0 Å². The van der Waals surface area contributed by atoms with Gasteiger partial charge in [0.15, 0.2) is 0 Å². The molecule has 0 amide bonds. The summed E-state index contributed by atoms with van der Waals surface area (Å²) in [6.45, 7) is 1.56. The first kappa shape index (κ1) is 8.89. The van der Waals surface area contributed by atoms with Crippen molar-refractivity contribution in [2.45, 2.75) is 6.03 Å². The average Bonchev–Trinajstić information content (AvgIpc) is 2.35. The van der Waals surface area contributed by atoms with Crippen molar-refractivity contribution in [1.29, 1.82) is 0 Å². The normalized spacial score (nSPS) is 33.0. The van der Waals surface area contributed by atoms with Crippen molar-refractivity contribution in [2.24, 2.45) is 0 Å². The molecular formula is C6H14N2O3. The molecule has 3 N–H and O–H groups in total. The third kappa shape index (κ3) is 1.69. The number of β-amino-alcohol motifs (C(OH)–C–C–N with tert-alkyl or cyclic N) is 1. The molecule has 0 radical (unpaired) electrons. The van der Waals surface area contributed by atoms with Crippen LogP contribution in [0.3, 0.4) is 0 Å². The summed E-state index contributed by atoms with van der Waals surface area (Å²) in [5.41, 5.74) is 0. The highest BCUT2D eigenvalue weighted by Gasteiger charge is 2.38. The van der Waals surface area contributed by atoms with Gasteiger partial charge in [-0.3, -0.25) is 5.32 Å². The number of hydrogen-bond donors (Lipinski definition) is 3. The molecule has 0 aromatic carbocycles. The van der Waals surface area contributed by atoms with Gasteiger partial charge in [0, 0.05) is 13.1 Å². The Hall–Kier alpha value is -0.200. The van der Waals surface area contributed by atoms with Crippen molar-refractivity contribution in [1.82, 2.24) is 10.2 Å². The van der Waals surface area contributed by atoms with E-state index >= 15 is 0 Å². The Balaban J connectivity index is 2.49. The largest absolute Gasteiger partial charge is 0.395 e. The molecular weight excluding hydrogens is 148 g/mol. The number of hydrogen-bond acceptors (Lipinski definition) is 5. The van der Waals surface area contributed by atoms with Gasteiger partial charge in [0.2, 0.25) is 0 Å². The second-order valence-corrected chi connectivity index (χ2v) is 2.42. The Kier molecular flexibility index (Phi) is 2.80. The van der Waals surface area contributed by atoms with Gasteiger partial charge in [0.1, 0.15) is 0 Å². The molecule has 1 aliphatic heterocycles. The molecule has 1 aliphatic rings. The number of nitrogens with zero attached hydrogens (tertiary/aromatic N) is 1. The van der Waals surface area contributed by atoms with E-state index in [0.717, 1.165) is 0 Å². The lowest BCUT2D eigenvalue weighted by Crippen LogP contribution is -2.55. The van der Waals surface area contributed by atoms with Gasteiger partial charge in [-0.2, -0.15) is 0 Å². The molecule has 5 nitrogen and oxygen atoms in total. The number of aliphatic hydroxyl groups excluding tert-OH is 1. The minimum atomic E-state index is -1.37. The molecule has 1 fully saturated rings. The van der Waals surface area contributed by atoms with Crippen LogP contribution in [0.4, 0.5) is 0 Å². The standard InChI is InChI=1S/C6H14N2O3/c1-7-6(10)8(2-4-9)3-5-11-6/h7,9-10H,2-5H2,1H3. The van der Waals surface area contributed by atoms with Crippen molar-refractivity contribution in [3.05, 3.63) is 0 Å². The van der Waals surface area contributed by atoms with E-state index in [1.807, 2.05) is 0 Å². The van der Waals surface area contributed by atoms with Gasteiger partial charge in [-0.25, -0.2) is 4.90 Å². The lowest BCUT2D eigenvalue weighted by molar-refractivity contribution is -0.263. The van der Waals surface area contributed by atoms with E-state index in [9.17, 15) is 5.11 Å². The van der Waals surface area contributed by atoms with Gasteiger partial charge in [-0.15, -0.1) is 0 Å². The maximum absolute atomic E-state index is 9.57. The van der Waals surface area contributed by atoms with Crippen LogP contribution in [-0.2, 0) is 4.74 Å². The van der Waals surface area contributed by atoms with Crippen LogP contribution in [0.2, 0.25) is 0 Å². The molecule has 1 unspecified atom stereocenters. The van der Waals surface area contributed by atoms with Crippen LogP contribution >= 0.6 is 0 Å². The first-order chi connectivity index (χ1) is 5.23. The van der Waals surface area contributed by atoms with E-state index < -0.39 is 6.03 Å². The van der Waals surface area contributed by atoms with Gasteiger partial charge in [-0.1, -0.05) is 0 Å². The van der Waals surface area contributed by atoms with Gasteiger partial charge < -0.3 is 14.9 Å². The molecule has 1 heterocycles. The Morgan fingerprint density at radius 2 is 2.45 bits per heavy atom. The predicted octanol–water partition coefficient (Wildman–Crippen LogP) is -1.87. The highest BCUT2D eigenvalue weighted by molar-refractivity contribution is 4.72. The Morgan fingerprint density at radius 3 is 3.00 bits per heavy atom. The number of rotatable bonds is 3. The average molecular weight is 162 g/mol. The molecule has 0 spiro atoms. The molecule has 0 bridgehead atoms. The molecule has 0 aliphatic carbocycles. The van der Waals surface area contributed by atoms with Crippen molar-refractivity contribution in [2.75, 3.05) is 33.4 Å². The van der Waals surface area contributed by atoms with Crippen LogP contribution in [0, 0.1) is 0 Å². The zero-order valence-electron chi connectivity index (χ0n) is 6.58. The Bertz CT molecular complexity index is 133. The summed E-state index contributed by atoms with van der Waals surface area (Å²) >= 11 is 0. The molecule has 1 saturated heterocycles. The third-order valence-corrected chi connectivity index (χ3v) is 1.79. The molecule has 1 atom stereocenters. The molecule has 11 heavy (non-hydrogen) atoms. The highest BCUT2D eigenvalue weighted by atomic mass is 16.7. The van der Waals surface area contributed by atoms with Crippen molar-refractivity contribution < 1.29 is 14.9 Å². The fourth-order valence-electron chi connectivity index (χ4n) is 1.16. The molecule has 1 rings (SSSR count). The van der Waals surface area contributed by atoms with Gasteiger partial charge in [0.05, 0.1) is 13.2 Å². The highest BCUT2D eigenvalue weighted by Crippen LogP contribution is 2.15. The van der Waals surface area contributed by atoms with Crippen molar-refractivity contribution >= 4 is 0 Å². The number of ether oxygens (including phenoxy) is 1. The Morgan fingerprint density at radius 1 is 1.73 bits per heavy atom. The summed E-state index contributed by atoms with van der Waals surface area (Å²) in [6, 6.07) is -1.37. The monoisotopic (exact) mass is 162 g/mol. The lowest BCUT2D eigenvalue weighted by Gasteiger charge is -2.29. The van der Waals surface area contributed by atoms with Crippen LogP contribution < -0.4 is 5.32 Å². The van der Waals surface area contributed by atoms with E-state index in [1.54, 1.807) is 11.9 Å². The van der Waals surface area contributed by atoms with Gasteiger partial charge in [0.25, 0.3) is 6.03 Å². The second kappa shape index (κ2) is 3.46. The van der Waals surface area contributed by atoms with E-state index in [-0.39, 0.29) is 6.61 Å². The zero-order valence-corrected chi connectivity index (χ0v) is 6.58. The molecule has 66 valence electrons. The lowest BCUT2D eigenvalue weighted by atomic mass is 10.5. The summed E-state index contributed by atoms with van der Waals surface area (Å²) in [4.78, 5) is 1.63.